The Kier molecular flexibility index (Phi) is 9.27. The first-order valence-corrected chi connectivity index (χ1v) is 10.8. The van der Waals surface area contributed by atoms with E-state index in [4.69, 9.17) is 27.9 Å². The van der Waals surface area contributed by atoms with Crippen LogP contribution in [0.2, 0.25) is 10.0 Å². The summed E-state index contributed by atoms with van der Waals surface area (Å²) in [5.41, 5.74) is 0.586. The fraction of sp³-hybridized carbons (Fsp3) is 0.333. The van der Waals surface area contributed by atoms with Crippen LogP contribution in [-0.4, -0.2) is 35.9 Å². The lowest BCUT2D eigenvalue weighted by Crippen LogP contribution is -2.49. The molecule has 0 radical (unpaired) electrons. The topological polar surface area (TPSA) is 58.6 Å². The number of halogens is 3. The van der Waals surface area contributed by atoms with Crippen molar-refractivity contribution in [1.29, 1.82) is 0 Å². The molecule has 2 aromatic carbocycles. The number of carbonyl (C=O) groups is 2. The molecule has 0 fully saturated rings. The first kappa shape index (κ1) is 23.5. The Morgan fingerprint density at radius 1 is 1.14 bits per heavy atom. The number of hydrogen-bond acceptors (Lipinski definition) is 3. The summed E-state index contributed by atoms with van der Waals surface area (Å²) in [5.74, 6) is -0.0320. The molecule has 8 heteroatoms. The molecule has 29 heavy (non-hydrogen) atoms. The number of rotatable bonds is 9. The second kappa shape index (κ2) is 11.4. The largest absolute Gasteiger partial charge is 0.484 e. The summed E-state index contributed by atoms with van der Waals surface area (Å²) in [7, 11) is 0. The minimum atomic E-state index is -0.713. The number of nitrogens with zero attached hydrogens (tertiary/aromatic N) is 1. The Morgan fingerprint density at radius 3 is 2.34 bits per heavy atom. The van der Waals surface area contributed by atoms with Crippen LogP contribution in [0.3, 0.4) is 0 Å². The van der Waals surface area contributed by atoms with Crippen LogP contribution < -0.4 is 10.1 Å². The summed E-state index contributed by atoms with van der Waals surface area (Å²) >= 11 is 15.9. The van der Waals surface area contributed by atoms with Crippen molar-refractivity contribution in [2.75, 3.05) is 13.2 Å². The van der Waals surface area contributed by atoms with E-state index in [0.29, 0.717) is 27.9 Å². The first-order valence-electron chi connectivity index (χ1n) is 9.22. The van der Waals surface area contributed by atoms with Crippen LogP contribution in [0.25, 0.3) is 0 Å². The first-order chi connectivity index (χ1) is 13.8. The quantitative estimate of drug-likeness (QED) is 0.521. The minimum absolute atomic E-state index is 0.0990. The van der Waals surface area contributed by atoms with E-state index in [2.05, 4.69) is 21.2 Å². The van der Waals surface area contributed by atoms with Gasteiger partial charge in [-0.15, -0.1) is 0 Å². The van der Waals surface area contributed by atoms with Gasteiger partial charge in [0.25, 0.3) is 5.91 Å². The van der Waals surface area contributed by atoms with Crippen molar-refractivity contribution < 1.29 is 14.3 Å². The SMILES string of the molecule is CCCNC(=O)[C@@H](C)N(Cc1c(Cl)cccc1Cl)C(=O)COc1ccc(Br)cc1. The molecule has 0 unspecified atom stereocenters. The van der Waals surface area contributed by atoms with Crippen molar-refractivity contribution in [3.8, 4) is 5.75 Å². The monoisotopic (exact) mass is 500 g/mol. The minimum Gasteiger partial charge on any atom is -0.484 e. The van der Waals surface area contributed by atoms with Crippen LogP contribution in [0.4, 0.5) is 0 Å². The van der Waals surface area contributed by atoms with Gasteiger partial charge < -0.3 is 15.0 Å². The van der Waals surface area contributed by atoms with E-state index in [-0.39, 0.29) is 25.0 Å². The van der Waals surface area contributed by atoms with Crippen LogP contribution in [0.1, 0.15) is 25.8 Å². The Balaban J connectivity index is 2.19. The van der Waals surface area contributed by atoms with Gasteiger partial charge in [-0.05, 0) is 49.7 Å². The van der Waals surface area contributed by atoms with Gasteiger partial charge in [0.05, 0.1) is 0 Å². The van der Waals surface area contributed by atoms with E-state index in [0.717, 1.165) is 10.9 Å². The van der Waals surface area contributed by atoms with Crippen molar-refractivity contribution in [2.24, 2.45) is 0 Å². The van der Waals surface area contributed by atoms with Gasteiger partial charge in [0.15, 0.2) is 6.61 Å². The van der Waals surface area contributed by atoms with E-state index in [1.54, 1.807) is 37.3 Å². The molecular formula is C21H23BrCl2N2O3. The van der Waals surface area contributed by atoms with Gasteiger partial charge in [0, 0.05) is 33.2 Å². The number of hydrogen-bond donors (Lipinski definition) is 1. The number of amides is 2. The third-order valence-corrected chi connectivity index (χ3v) is 5.52. The zero-order valence-electron chi connectivity index (χ0n) is 16.3. The summed E-state index contributed by atoms with van der Waals surface area (Å²) in [6.07, 6.45) is 0.801. The average Bonchev–Trinajstić information content (AvgIpc) is 2.70. The lowest BCUT2D eigenvalue weighted by Gasteiger charge is -2.29. The van der Waals surface area contributed by atoms with E-state index in [9.17, 15) is 9.59 Å². The Bertz CT molecular complexity index is 826. The van der Waals surface area contributed by atoms with Crippen LogP contribution in [0.15, 0.2) is 46.9 Å². The number of carbonyl (C=O) groups excluding carboxylic acids is 2. The highest BCUT2D eigenvalue weighted by Gasteiger charge is 2.27. The normalized spacial score (nSPS) is 11.6. The van der Waals surface area contributed by atoms with Crippen LogP contribution in [-0.2, 0) is 16.1 Å². The zero-order valence-corrected chi connectivity index (χ0v) is 19.4. The van der Waals surface area contributed by atoms with Crippen molar-refractivity contribution >= 4 is 50.9 Å². The zero-order chi connectivity index (χ0) is 21.4. The second-order valence-electron chi connectivity index (χ2n) is 6.43. The van der Waals surface area contributed by atoms with E-state index in [1.165, 1.54) is 4.90 Å². The molecular weight excluding hydrogens is 479 g/mol. The molecule has 2 aromatic rings. The van der Waals surface area contributed by atoms with Gasteiger partial charge in [-0.25, -0.2) is 0 Å². The van der Waals surface area contributed by atoms with Gasteiger partial charge in [0.2, 0.25) is 5.91 Å². The Morgan fingerprint density at radius 2 is 1.76 bits per heavy atom. The van der Waals surface area contributed by atoms with Crippen molar-refractivity contribution in [3.05, 3.63) is 62.5 Å². The van der Waals surface area contributed by atoms with Crippen molar-refractivity contribution in [2.45, 2.75) is 32.9 Å². The van der Waals surface area contributed by atoms with Crippen LogP contribution >= 0.6 is 39.1 Å². The highest BCUT2D eigenvalue weighted by Crippen LogP contribution is 2.26. The molecule has 2 amide bonds. The lowest BCUT2D eigenvalue weighted by molar-refractivity contribution is -0.142. The maximum Gasteiger partial charge on any atom is 0.261 e. The number of benzene rings is 2. The molecule has 2 rings (SSSR count). The third kappa shape index (κ3) is 6.91. The van der Waals surface area contributed by atoms with E-state index >= 15 is 0 Å². The predicted molar refractivity (Wildman–Crippen MR) is 119 cm³/mol. The van der Waals surface area contributed by atoms with Gasteiger partial charge in [-0.2, -0.15) is 0 Å². The molecule has 0 spiro atoms. The Hall–Kier alpha value is -1.76. The molecule has 0 saturated heterocycles. The van der Waals surface area contributed by atoms with Crippen LogP contribution in [0, 0.1) is 0 Å². The molecule has 156 valence electrons. The molecule has 1 N–H and O–H groups in total. The molecule has 0 heterocycles. The van der Waals surface area contributed by atoms with Crippen molar-refractivity contribution in [3.63, 3.8) is 0 Å². The number of ether oxygens (including phenoxy) is 1. The average molecular weight is 502 g/mol. The summed E-state index contributed by atoms with van der Waals surface area (Å²) < 4.78 is 6.51. The van der Waals surface area contributed by atoms with E-state index in [1.807, 2.05) is 19.1 Å². The maximum atomic E-state index is 13.0. The lowest BCUT2D eigenvalue weighted by atomic mass is 10.1. The summed E-state index contributed by atoms with van der Waals surface area (Å²) in [4.78, 5) is 26.9. The maximum absolute atomic E-state index is 13.0. The van der Waals surface area contributed by atoms with Crippen LogP contribution in [0.5, 0.6) is 5.75 Å². The second-order valence-corrected chi connectivity index (χ2v) is 8.16. The van der Waals surface area contributed by atoms with Gasteiger partial charge in [-0.3, -0.25) is 9.59 Å². The van der Waals surface area contributed by atoms with Crippen molar-refractivity contribution in [1.82, 2.24) is 10.2 Å². The summed E-state index contributed by atoms with van der Waals surface area (Å²) in [6, 6.07) is 11.6. The summed E-state index contributed by atoms with van der Waals surface area (Å²) in [6.45, 7) is 4.06. The van der Waals surface area contributed by atoms with Gasteiger partial charge in [-0.1, -0.05) is 52.1 Å². The smallest absolute Gasteiger partial charge is 0.261 e. The Labute approximate surface area is 189 Å². The van der Waals surface area contributed by atoms with E-state index < -0.39 is 6.04 Å². The molecule has 0 aliphatic heterocycles. The molecule has 5 nitrogen and oxygen atoms in total. The fourth-order valence-electron chi connectivity index (χ4n) is 2.59. The molecule has 0 aliphatic carbocycles. The third-order valence-electron chi connectivity index (χ3n) is 4.28. The highest BCUT2D eigenvalue weighted by atomic mass is 79.9. The van der Waals surface area contributed by atoms with Gasteiger partial charge >= 0.3 is 0 Å². The highest BCUT2D eigenvalue weighted by molar-refractivity contribution is 9.10. The summed E-state index contributed by atoms with van der Waals surface area (Å²) in [5, 5.41) is 3.69. The fourth-order valence-corrected chi connectivity index (χ4v) is 3.37. The number of nitrogens with one attached hydrogen (secondary N) is 1. The van der Waals surface area contributed by atoms with Gasteiger partial charge in [0.1, 0.15) is 11.8 Å². The standard InChI is InChI=1S/C21H23BrCl2N2O3/c1-3-11-25-21(28)14(2)26(12-17-18(23)5-4-6-19(17)24)20(27)13-29-16-9-7-15(22)8-10-16/h4-10,14H,3,11-13H2,1-2H3,(H,25,28)/t14-/m1/s1. The molecule has 1 atom stereocenters. The molecule has 0 aromatic heterocycles. The molecule has 0 saturated carbocycles. The molecule has 0 bridgehead atoms. The predicted octanol–water partition coefficient (Wildman–Crippen LogP) is 5.08. The molecule has 0 aliphatic rings.